The number of carboxylic acids is 1. The first kappa shape index (κ1) is 13.0. The molecule has 0 aliphatic carbocycles. The van der Waals surface area contributed by atoms with Crippen LogP contribution < -0.4 is 5.56 Å². The fourth-order valence-electron chi connectivity index (χ4n) is 1.66. The monoisotopic (exact) mass is 328 g/mol. The maximum Gasteiger partial charge on any atom is 0.346 e. The smallest absolute Gasteiger partial charge is 0.346 e. The van der Waals surface area contributed by atoms with Crippen molar-refractivity contribution in [2.75, 3.05) is 0 Å². The zero-order chi connectivity index (χ0) is 13.4. The fourth-order valence-corrected chi connectivity index (χ4v) is 2.91. The molecule has 94 valence electrons. The van der Waals surface area contributed by atoms with Crippen LogP contribution in [0.3, 0.4) is 0 Å². The average molecular weight is 329 g/mol. The van der Waals surface area contributed by atoms with Crippen LogP contribution in [0, 0.1) is 6.92 Å². The van der Waals surface area contributed by atoms with Gasteiger partial charge < -0.3 is 5.11 Å². The Labute approximate surface area is 115 Å². The van der Waals surface area contributed by atoms with E-state index in [0.717, 1.165) is 11.3 Å². The van der Waals surface area contributed by atoms with Crippen LogP contribution in [0.1, 0.15) is 15.2 Å². The van der Waals surface area contributed by atoms with Crippen LogP contribution in [-0.2, 0) is 6.54 Å². The van der Waals surface area contributed by atoms with Crippen molar-refractivity contribution in [1.82, 2.24) is 9.55 Å². The van der Waals surface area contributed by atoms with Gasteiger partial charge in [-0.1, -0.05) is 22.5 Å². The molecular formula is C11H9BrN2O3S. The maximum absolute atomic E-state index is 12.2. The number of hydrogen-bond donors (Lipinski definition) is 1. The van der Waals surface area contributed by atoms with Crippen molar-refractivity contribution in [3.8, 4) is 0 Å². The Morgan fingerprint density at radius 2 is 2.33 bits per heavy atom. The zero-order valence-corrected chi connectivity index (χ0v) is 11.8. The summed E-state index contributed by atoms with van der Waals surface area (Å²) in [5, 5.41) is 9.39. The lowest BCUT2D eigenvalue weighted by molar-refractivity contribution is 0.0701. The topological polar surface area (TPSA) is 72.2 Å². The summed E-state index contributed by atoms with van der Waals surface area (Å²) in [4.78, 5) is 27.9. The van der Waals surface area contributed by atoms with Gasteiger partial charge in [-0.2, -0.15) is 0 Å². The molecule has 0 unspecified atom stereocenters. The van der Waals surface area contributed by atoms with E-state index in [4.69, 9.17) is 5.11 Å². The Kier molecular flexibility index (Phi) is 3.36. The summed E-state index contributed by atoms with van der Waals surface area (Å²) >= 11 is 4.20. The lowest BCUT2D eigenvalue weighted by atomic mass is 10.2. The van der Waals surface area contributed by atoms with Crippen molar-refractivity contribution >= 4 is 43.5 Å². The Morgan fingerprint density at radius 1 is 1.67 bits per heavy atom. The highest BCUT2D eigenvalue weighted by Crippen LogP contribution is 2.26. The first-order chi connectivity index (χ1) is 8.41. The number of thiophene rings is 1. The first-order valence-electron chi connectivity index (χ1n) is 4.97. The van der Waals surface area contributed by atoms with Gasteiger partial charge >= 0.3 is 5.97 Å². The molecule has 18 heavy (non-hydrogen) atoms. The second kappa shape index (κ2) is 4.66. The molecule has 2 aromatic rings. The van der Waals surface area contributed by atoms with E-state index in [9.17, 15) is 9.59 Å². The number of carboxylic acid groups (broad SMARTS) is 1. The Bertz CT molecular complexity index is 717. The predicted octanol–water partition coefficient (Wildman–Crippen LogP) is 2.37. The van der Waals surface area contributed by atoms with E-state index in [1.54, 1.807) is 6.92 Å². The van der Waals surface area contributed by atoms with E-state index in [0.29, 0.717) is 26.8 Å². The highest BCUT2D eigenvalue weighted by atomic mass is 79.9. The van der Waals surface area contributed by atoms with Crippen molar-refractivity contribution < 1.29 is 9.90 Å². The largest absolute Gasteiger partial charge is 0.477 e. The van der Waals surface area contributed by atoms with Crippen LogP contribution >= 0.6 is 27.3 Å². The molecule has 0 amide bonds. The second-order valence-corrected chi connectivity index (χ2v) is 5.86. The Balaban J connectivity index is 2.74. The highest BCUT2D eigenvalue weighted by Gasteiger charge is 2.18. The van der Waals surface area contributed by atoms with Crippen molar-refractivity contribution in [2.45, 2.75) is 13.5 Å². The summed E-state index contributed by atoms with van der Waals surface area (Å²) in [6, 6.07) is 0. The number of aromatic carboxylic acids is 1. The van der Waals surface area contributed by atoms with Crippen molar-refractivity contribution in [3.05, 3.63) is 38.2 Å². The Hall–Kier alpha value is -1.47. The van der Waals surface area contributed by atoms with Crippen molar-refractivity contribution in [2.24, 2.45) is 0 Å². The summed E-state index contributed by atoms with van der Waals surface area (Å²) in [5.74, 6) is -1.04. The molecule has 2 heterocycles. The fraction of sp³-hybridized carbons (Fsp3) is 0.182. The molecule has 0 aliphatic rings. The summed E-state index contributed by atoms with van der Waals surface area (Å²) in [6.07, 6.45) is 1.40. The zero-order valence-electron chi connectivity index (χ0n) is 9.44. The Morgan fingerprint density at radius 3 is 2.89 bits per heavy atom. The first-order valence-corrected chi connectivity index (χ1v) is 6.58. The number of aromatic nitrogens is 2. The normalized spacial score (nSPS) is 10.8. The molecule has 0 fully saturated rings. The van der Waals surface area contributed by atoms with Gasteiger partial charge in [0.25, 0.3) is 5.56 Å². The van der Waals surface area contributed by atoms with Crippen LogP contribution in [0.5, 0.6) is 0 Å². The number of rotatable bonds is 3. The third-order valence-corrected chi connectivity index (χ3v) is 3.89. The minimum atomic E-state index is -1.04. The average Bonchev–Trinajstić information content (AvgIpc) is 2.60. The van der Waals surface area contributed by atoms with Crippen molar-refractivity contribution in [1.29, 1.82) is 0 Å². The lowest BCUT2D eigenvalue weighted by Crippen LogP contribution is -2.20. The van der Waals surface area contributed by atoms with Crippen LogP contribution in [0.4, 0.5) is 0 Å². The molecule has 1 N–H and O–H groups in total. The van der Waals surface area contributed by atoms with Gasteiger partial charge in [-0.15, -0.1) is 11.3 Å². The molecular weight excluding hydrogens is 320 g/mol. The van der Waals surface area contributed by atoms with E-state index in [1.165, 1.54) is 10.9 Å². The molecule has 7 heteroatoms. The summed E-state index contributed by atoms with van der Waals surface area (Å²) in [7, 11) is 0. The molecule has 0 aromatic carbocycles. The van der Waals surface area contributed by atoms with E-state index in [-0.39, 0.29) is 10.4 Å². The van der Waals surface area contributed by atoms with Crippen LogP contribution in [0.2, 0.25) is 0 Å². The minimum Gasteiger partial charge on any atom is -0.477 e. The van der Waals surface area contributed by atoms with Gasteiger partial charge in [0.1, 0.15) is 9.71 Å². The van der Waals surface area contributed by atoms with Crippen molar-refractivity contribution in [3.63, 3.8) is 0 Å². The highest BCUT2D eigenvalue weighted by molar-refractivity contribution is 9.11. The standard InChI is InChI=1S/C11H9BrN2O3S/c1-5(12)3-14-4-13-9-7(10(14)15)6(2)8(18-9)11(16)17/h4H,1,3H2,2H3,(H,16,17). The lowest BCUT2D eigenvalue weighted by Gasteiger charge is -2.03. The van der Waals surface area contributed by atoms with Crippen LogP contribution in [0.25, 0.3) is 10.2 Å². The van der Waals surface area contributed by atoms with Crippen LogP contribution in [0.15, 0.2) is 22.2 Å². The molecule has 0 radical (unpaired) electrons. The third-order valence-electron chi connectivity index (χ3n) is 2.45. The van der Waals surface area contributed by atoms with Gasteiger partial charge in [-0.05, 0) is 12.5 Å². The van der Waals surface area contributed by atoms with Gasteiger partial charge in [-0.25, -0.2) is 9.78 Å². The minimum absolute atomic E-state index is 0.157. The molecule has 2 rings (SSSR count). The van der Waals surface area contributed by atoms with Gasteiger partial charge in [0.2, 0.25) is 0 Å². The SMILES string of the molecule is C=C(Br)Cn1cnc2sc(C(=O)O)c(C)c2c1=O. The second-order valence-electron chi connectivity index (χ2n) is 3.74. The molecule has 0 aliphatic heterocycles. The molecule has 0 saturated carbocycles. The number of aryl methyl sites for hydroxylation is 1. The van der Waals surface area contributed by atoms with E-state index in [1.807, 2.05) is 0 Å². The van der Waals surface area contributed by atoms with Gasteiger partial charge in [-0.3, -0.25) is 9.36 Å². The van der Waals surface area contributed by atoms with Gasteiger partial charge in [0, 0.05) is 4.48 Å². The van der Waals surface area contributed by atoms with Gasteiger partial charge in [0.15, 0.2) is 0 Å². The van der Waals surface area contributed by atoms with E-state index < -0.39 is 5.97 Å². The molecule has 0 bridgehead atoms. The summed E-state index contributed by atoms with van der Waals surface area (Å²) in [6.45, 7) is 5.59. The number of hydrogen-bond acceptors (Lipinski definition) is 4. The molecule has 0 spiro atoms. The van der Waals surface area contributed by atoms with Crippen LogP contribution in [-0.4, -0.2) is 20.6 Å². The van der Waals surface area contributed by atoms with E-state index in [2.05, 4.69) is 27.5 Å². The molecule has 0 atom stereocenters. The number of allylic oxidation sites excluding steroid dienone is 1. The maximum atomic E-state index is 12.2. The molecule has 0 saturated heterocycles. The molecule has 5 nitrogen and oxygen atoms in total. The quantitative estimate of drug-likeness (QED) is 0.938. The van der Waals surface area contributed by atoms with Gasteiger partial charge in [0.05, 0.1) is 18.3 Å². The number of carbonyl (C=O) groups is 1. The molecule has 2 aromatic heterocycles. The third kappa shape index (κ3) is 2.11. The summed E-state index contributed by atoms with van der Waals surface area (Å²) < 4.78 is 2.04. The van der Waals surface area contributed by atoms with E-state index >= 15 is 0 Å². The number of nitrogens with zero attached hydrogens (tertiary/aromatic N) is 2. The summed E-state index contributed by atoms with van der Waals surface area (Å²) in [5.41, 5.74) is 0.219. The number of fused-ring (bicyclic) bond motifs is 1. The predicted molar refractivity (Wildman–Crippen MR) is 73.6 cm³/mol. The number of halogens is 1.